The molecule has 4 fully saturated rings. The number of fused-ring (bicyclic) bond motifs is 3. The monoisotopic (exact) mass is 592 g/mol. The number of aromatic nitrogens is 2. The van der Waals surface area contributed by atoms with Gasteiger partial charge in [-0.1, -0.05) is 26.8 Å². The lowest BCUT2D eigenvalue weighted by atomic mass is 9.45. The van der Waals surface area contributed by atoms with Crippen molar-refractivity contribution >= 4 is 22.5 Å². The molecule has 0 spiro atoms. The van der Waals surface area contributed by atoms with E-state index in [1.54, 1.807) is 18.2 Å². The first-order valence-corrected chi connectivity index (χ1v) is 15.4. The van der Waals surface area contributed by atoms with Crippen LogP contribution in [0.15, 0.2) is 52.5 Å². The van der Waals surface area contributed by atoms with Crippen LogP contribution in [0.4, 0.5) is 14.5 Å². The van der Waals surface area contributed by atoms with E-state index >= 15 is 0 Å². The highest BCUT2D eigenvalue weighted by atomic mass is 19.1. The average Bonchev–Trinajstić information content (AvgIpc) is 3.01. The zero-order chi connectivity index (χ0) is 30.3. The van der Waals surface area contributed by atoms with E-state index in [0.717, 1.165) is 24.6 Å². The quantitative estimate of drug-likeness (QED) is 0.301. The molecule has 0 radical (unpaired) electrons. The number of rotatable bonds is 7. The smallest absolute Gasteiger partial charge is 0.261 e. The summed E-state index contributed by atoms with van der Waals surface area (Å²) in [4.78, 5) is 25.3. The molecule has 3 saturated carbocycles. The Morgan fingerprint density at radius 1 is 1.23 bits per heavy atom. The summed E-state index contributed by atoms with van der Waals surface area (Å²) in [5.74, 6) is 2.66. The molecule has 4 aliphatic rings. The van der Waals surface area contributed by atoms with Gasteiger partial charge in [0.05, 0.1) is 36.4 Å². The van der Waals surface area contributed by atoms with Crippen LogP contribution in [0.1, 0.15) is 39.2 Å². The van der Waals surface area contributed by atoms with Crippen LogP contribution in [0.3, 0.4) is 0 Å². The van der Waals surface area contributed by atoms with E-state index < -0.39 is 6.67 Å². The second kappa shape index (κ2) is 11.9. The first kappa shape index (κ1) is 29.5. The summed E-state index contributed by atoms with van der Waals surface area (Å²) < 4.78 is 34.6. The first-order chi connectivity index (χ1) is 20.7. The molecule has 2 heterocycles. The molecule has 10 heteroatoms. The number of guanidine groups is 1. The van der Waals surface area contributed by atoms with Crippen LogP contribution in [-0.2, 0) is 13.0 Å². The van der Waals surface area contributed by atoms with Crippen molar-refractivity contribution in [1.29, 1.82) is 0 Å². The molecule has 1 aromatic heterocycles. The van der Waals surface area contributed by atoms with Gasteiger partial charge in [0.25, 0.3) is 5.56 Å². The molecule has 1 unspecified atom stereocenters. The fourth-order valence-electron chi connectivity index (χ4n) is 7.39. The third kappa shape index (κ3) is 5.73. The molecule has 2 N–H and O–H groups in total. The highest BCUT2D eigenvalue weighted by molar-refractivity contribution is 5.96. The van der Waals surface area contributed by atoms with Gasteiger partial charge >= 0.3 is 0 Å². The van der Waals surface area contributed by atoms with Gasteiger partial charge < -0.3 is 20.3 Å². The van der Waals surface area contributed by atoms with Crippen molar-refractivity contribution in [3.05, 3.63) is 64.5 Å². The van der Waals surface area contributed by atoms with Gasteiger partial charge in [0.2, 0.25) is 0 Å². The van der Waals surface area contributed by atoms with E-state index in [-0.39, 0.29) is 23.5 Å². The van der Waals surface area contributed by atoms with Crippen LogP contribution in [-0.4, -0.2) is 65.9 Å². The molecule has 43 heavy (non-hydrogen) atoms. The van der Waals surface area contributed by atoms with E-state index in [9.17, 15) is 13.6 Å². The van der Waals surface area contributed by atoms with Gasteiger partial charge in [-0.2, -0.15) is 0 Å². The third-order valence-corrected chi connectivity index (χ3v) is 10.3. The number of anilines is 1. The minimum absolute atomic E-state index is 0.176. The molecule has 0 amide bonds. The molecular weight excluding hydrogens is 550 g/mol. The van der Waals surface area contributed by atoms with E-state index in [1.807, 2.05) is 12.1 Å². The lowest BCUT2D eigenvalue weighted by molar-refractivity contribution is -0.108. The Morgan fingerprint density at radius 3 is 2.79 bits per heavy atom. The first-order valence-electron chi connectivity index (χ1n) is 15.4. The van der Waals surface area contributed by atoms with Crippen molar-refractivity contribution in [3.8, 4) is 5.75 Å². The summed E-state index contributed by atoms with van der Waals surface area (Å²) in [6, 6.07) is 10.2. The molecule has 7 rings (SSSR count). The molecule has 1 saturated heterocycles. The maximum Gasteiger partial charge on any atom is 0.261 e. The Morgan fingerprint density at radius 2 is 2.07 bits per heavy atom. The number of ether oxygens (including phenoxy) is 1. The Balaban J connectivity index is 1.23. The number of aryl methyl sites for hydroxylation is 2. The molecule has 8 nitrogen and oxygen atoms in total. The van der Waals surface area contributed by atoms with E-state index in [1.165, 1.54) is 30.5 Å². The fraction of sp³-hybridized carbons (Fsp3) is 0.545. The number of piperazine rings is 1. The largest absolute Gasteiger partial charge is 0.497 e. The molecule has 2 aromatic carbocycles. The summed E-state index contributed by atoms with van der Waals surface area (Å²) >= 11 is 0. The van der Waals surface area contributed by atoms with Gasteiger partial charge in [-0.05, 0) is 72.3 Å². The third-order valence-electron chi connectivity index (χ3n) is 10.3. The van der Waals surface area contributed by atoms with Crippen LogP contribution < -0.4 is 20.9 Å². The van der Waals surface area contributed by atoms with Gasteiger partial charge in [-0.25, -0.2) is 18.8 Å². The van der Waals surface area contributed by atoms with Crippen molar-refractivity contribution < 1.29 is 13.5 Å². The summed E-state index contributed by atoms with van der Waals surface area (Å²) in [6.45, 7) is 8.92. The standard InChI is InChI=1S/C33H42F2N6O2/c1-20-27-13-22(33(27,2)3)14-29(20)39-32(40-12-10-36-24(17-34)18-40)38-23-6-8-26-30(15-23)37-19-41(31(26)42)11-9-21-5-7-25(43-4)16-28(21)35/h5-8,15-16,19-20,22,24,27,29,36H,9-14,17-18H2,1-4H3,(H,38,39)/t20-,22+,24-,27-,29?/m0/s1. The number of hydrogen-bond donors (Lipinski definition) is 2. The Kier molecular flexibility index (Phi) is 8.15. The minimum atomic E-state index is -0.431. The second-order valence-electron chi connectivity index (χ2n) is 13.0. The van der Waals surface area contributed by atoms with Gasteiger partial charge in [0.1, 0.15) is 18.2 Å². The zero-order valence-corrected chi connectivity index (χ0v) is 25.4. The predicted octanol–water partition coefficient (Wildman–Crippen LogP) is 4.87. The lowest BCUT2D eigenvalue weighted by Crippen LogP contribution is -2.58. The SMILES string of the molecule is COc1ccc(CCn2cnc3cc(NC(=NC4C[C@H]5C[C@@H]([C@@H]4C)C5(C)C)N4CCN[C@@H](CF)C4)ccc3c2=O)c(F)c1. The molecule has 5 atom stereocenters. The Hall–Kier alpha value is -3.53. The molecule has 3 aromatic rings. The fourth-order valence-corrected chi connectivity index (χ4v) is 7.39. The second-order valence-corrected chi connectivity index (χ2v) is 13.0. The number of methoxy groups -OCH3 is 1. The molecular formula is C33H42F2N6O2. The van der Waals surface area contributed by atoms with Crippen molar-refractivity contribution in [3.63, 3.8) is 0 Å². The molecule has 3 aliphatic carbocycles. The number of alkyl halides is 1. The Labute approximate surface area is 251 Å². The van der Waals surface area contributed by atoms with E-state index in [4.69, 9.17) is 9.73 Å². The van der Waals surface area contributed by atoms with Crippen molar-refractivity contribution in [2.24, 2.45) is 28.2 Å². The Bertz CT molecular complexity index is 1570. The van der Waals surface area contributed by atoms with E-state index in [2.05, 4.69) is 41.3 Å². The normalized spacial score (nSPS) is 26.7. The number of benzene rings is 2. The molecule has 2 bridgehead atoms. The highest BCUT2D eigenvalue weighted by Crippen LogP contribution is 2.61. The van der Waals surface area contributed by atoms with Crippen molar-refractivity contribution in [1.82, 2.24) is 19.8 Å². The summed E-state index contributed by atoms with van der Waals surface area (Å²) in [5, 5.41) is 7.26. The van der Waals surface area contributed by atoms with Gasteiger partial charge in [-0.15, -0.1) is 0 Å². The number of aliphatic imine (C=N–C) groups is 1. The van der Waals surface area contributed by atoms with Crippen LogP contribution in [0.5, 0.6) is 5.75 Å². The van der Waals surface area contributed by atoms with Crippen LogP contribution in [0.25, 0.3) is 10.9 Å². The minimum Gasteiger partial charge on any atom is -0.497 e. The molecule has 230 valence electrons. The van der Waals surface area contributed by atoms with Crippen molar-refractivity contribution in [2.45, 2.75) is 58.7 Å². The number of nitrogens with one attached hydrogen (secondary N) is 2. The van der Waals surface area contributed by atoms with Gasteiger partial charge in [-0.3, -0.25) is 9.36 Å². The highest BCUT2D eigenvalue weighted by Gasteiger charge is 2.56. The topological polar surface area (TPSA) is 83.8 Å². The number of halogens is 2. The van der Waals surface area contributed by atoms with Crippen LogP contribution in [0, 0.1) is 29.0 Å². The summed E-state index contributed by atoms with van der Waals surface area (Å²) in [6.07, 6.45) is 4.22. The van der Waals surface area contributed by atoms with Crippen molar-refractivity contribution in [2.75, 3.05) is 38.7 Å². The average molecular weight is 593 g/mol. The maximum absolute atomic E-state index is 14.4. The van der Waals surface area contributed by atoms with Crippen LogP contribution in [0.2, 0.25) is 0 Å². The summed E-state index contributed by atoms with van der Waals surface area (Å²) in [5.41, 5.74) is 2.05. The zero-order valence-electron chi connectivity index (χ0n) is 25.4. The summed E-state index contributed by atoms with van der Waals surface area (Å²) in [7, 11) is 1.50. The van der Waals surface area contributed by atoms with Crippen LogP contribution >= 0.6 is 0 Å². The predicted molar refractivity (Wildman–Crippen MR) is 166 cm³/mol. The van der Waals surface area contributed by atoms with E-state index in [0.29, 0.717) is 71.4 Å². The molecule has 1 aliphatic heterocycles. The number of hydrogen-bond acceptors (Lipinski definition) is 5. The maximum atomic E-state index is 14.4. The lowest BCUT2D eigenvalue weighted by Gasteiger charge is -2.61. The number of nitrogens with zero attached hydrogens (tertiary/aromatic N) is 4. The van der Waals surface area contributed by atoms with Gasteiger partial charge in [0.15, 0.2) is 5.96 Å². The van der Waals surface area contributed by atoms with Gasteiger partial charge in [0, 0.05) is 37.9 Å².